The molecule has 2 aliphatic rings. The van der Waals surface area contributed by atoms with Gasteiger partial charge in [0.15, 0.2) is 0 Å². The molecule has 0 aliphatic heterocycles. The highest BCUT2D eigenvalue weighted by molar-refractivity contribution is 7.86. The van der Waals surface area contributed by atoms with Gasteiger partial charge in [0.2, 0.25) is 0 Å². The predicted molar refractivity (Wildman–Crippen MR) is 152 cm³/mol. The number of esters is 1. The number of benzene rings is 1. The molecule has 224 valence electrons. The summed E-state index contributed by atoms with van der Waals surface area (Å²) in [6.45, 7) is 1.99. The third-order valence-corrected chi connectivity index (χ3v) is 10.0. The minimum Gasteiger partial charge on any atom is -0.469 e. The number of aliphatic hydroxyl groups is 2. The van der Waals surface area contributed by atoms with Crippen molar-refractivity contribution in [1.29, 1.82) is 0 Å². The summed E-state index contributed by atoms with van der Waals surface area (Å²) in [5, 5.41) is 21.6. The zero-order valence-corrected chi connectivity index (χ0v) is 24.7. The van der Waals surface area contributed by atoms with Crippen LogP contribution in [-0.4, -0.2) is 56.3 Å². The van der Waals surface area contributed by atoms with Crippen molar-refractivity contribution in [3.05, 3.63) is 42.0 Å². The van der Waals surface area contributed by atoms with E-state index in [1.165, 1.54) is 7.11 Å². The van der Waals surface area contributed by atoms with Gasteiger partial charge in [0, 0.05) is 24.7 Å². The summed E-state index contributed by atoms with van der Waals surface area (Å²) >= 11 is 0. The summed E-state index contributed by atoms with van der Waals surface area (Å²) < 4.78 is 34.6. The molecule has 1 aromatic carbocycles. The molecule has 1 aromatic rings. The lowest BCUT2D eigenvalue weighted by atomic mass is 9.62. The van der Waals surface area contributed by atoms with Crippen LogP contribution in [0.2, 0.25) is 0 Å². The first-order valence-electron chi connectivity index (χ1n) is 14.7. The second-order valence-electron chi connectivity index (χ2n) is 11.5. The molecule has 2 fully saturated rings. The number of aryl methyl sites for hydroxylation is 1. The molecule has 0 amide bonds. The van der Waals surface area contributed by atoms with Crippen molar-refractivity contribution in [2.24, 2.45) is 17.3 Å². The molecular formula is C31H46O8S. The summed E-state index contributed by atoms with van der Waals surface area (Å²) in [7, 11) is -2.40. The van der Waals surface area contributed by atoms with Gasteiger partial charge in [-0.25, -0.2) is 0 Å². The quantitative estimate of drug-likeness (QED) is 0.114. The van der Waals surface area contributed by atoms with E-state index in [1.54, 1.807) is 30.3 Å². The van der Waals surface area contributed by atoms with Gasteiger partial charge in [-0.1, -0.05) is 62.0 Å². The Morgan fingerprint density at radius 1 is 1.10 bits per heavy atom. The maximum atomic E-state index is 12.6. The van der Waals surface area contributed by atoms with Crippen LogP contribution in [0.4, 0.5) is 0 Å². The van der Waals surface area contributed by atoms with Crippen molar-refractivity contribution < 1.29 is 37.1 Å². The lowest BCUT2D eigenvalue weighted by Crippen LogP contribution is -2.40. The van der Waals surface area contributed by atoms with Crippen molar-refractivity contribution in [2.45, 2.75) is 107 Å². The maximum Gasteiger partial charge on any atom is 0.305 e. The SMILES string of the molecule is COC(=O)CCCCCC[C@H]1C(=O)C[C@@H](O)[C@@H]1C=C[C@@H](O)C1(CCCCOS(=O)(=O)c2ccc(C)cc2)CCC1. The van der Waals surface area contributed by atoms with Crippen LogP contribution in [0.3, 0.4) is 0 Å². The van der Waals surface area contributed by atoms with Crippen LogP contribution in [0.5, 0.6) is 0 Å². The van der Waals surface area contributed by atoms with E-state index in [0.717, 1.165) is 63.4 Å². The topological polar surface area (TPSA) is 127 Å². The standard InChI is InChI=1S/C31H46O8S/c1-23-12-14-24(15-13-23)40(36,37)39-21-8-7-18-31(19-9-20-31)29(34)17-16-26-25(27(32)22-28(26)33)10-5-3-4-6-11-30(35)38-2/h12-17,25-26,28-29,33-34H,3-11,18-22H2,1-2H3/t25-,26-,28-,29-/m1/s1. The highest BCUT2D eigenvalue weighted by atomic mass is 32.2. The number of unbranched alkanes of at least 4 members (excludes halogenated alkanes) is 4. The molecule has 0 unspecified atom stereocenters. The number of aliphatic hydroxyl groups excluding tert-OH is 2. The predicted octanol–water partition coefficient (Wildman–Crippen LogP) is 5.04. The van der Waals surface area contributed by atoms with Crippen molar-refractivity contribution in [3.63, 3.8) is 0 Å². The van der Waals surface area contributed by atoms with E-state index in [2.05, 4.69) is 4.74 Å². The summed E-state index contributed by atoms with van der Waals surface area (Å²) in [5.74, 6) is -0.676. The van der Waals surface area contributed by atoms with Gasteiger partial charge in [0.25, 0.3) is 10.1 Å². The summed E-state index contributed by atoms with van der Waals surface area (Å²) in [5.41, 5.74) is 0.723. The molecule has 2 aliphatic carbocycles. The molecule has 0 saturated heterocycles. The van der Waals surface area contributed by atoms with Gasteiger partial charge in [-0.05, 0) is 63.0 Å². The number of Topliss-reactive ketones (excluding diaryl/α,β-unsaturated/α-hetero) is 1. The van der Waals surface area contributed by atoms with E-state index in [0.29, 0.717) is 19.3 Å². The highest BCUT2D eigenvalue weighted by Crippen LogP contribution is 2.48. The monoisotopic (exact) mass is 578 g/mol. The fourth-order valence-electron chi connectivity index (χ4n) is 5.96. The minimum absolute atomic E-state index is 0.0742. The Balaban J connectivity index is 1.44. The molecule has 40 heavy (non-hydrogen) atoms. The Morgan fingerprint density at radius 2 is 1.80 bits per heavy atom. The first-order valence-corrected chi connectivity index (χ1v) is 16.1. The van der Waals surface area contributed by atoms with Crippen molar-refractivity contribution in [2.75, 3.05) is 13.7 Å². The lowest BCUT2D eigenvalue weighted by Gasteiger charge is -2.45. The molecule has 0 radical (unpaired) electrons. The summed E-state index contributed by atoms with van der Waals surface area (Å²) in [4.78, 5) is 23.9. The first kappa shape index (κ1) is 32.4. The van der Waals surface area contributed by atoms with Gasteiger partial charge in [0.05, 0.1) is 30.8 Å². The van der Waals surface area contributed by atoms with E-state index in [4.69, 9.17) is 4.18 Å². The number of hydrogen-bond donors (Lipinski definition) is 2. The molecule has 4 atom stereocenters. The van der Waals surface area contributed by atoms with Gasteiger partial charge in [-0.15, -0.1) is 0 Å². The zero-order valence-electron chi connectivity index (χ0n) is 23.9. The number of methoxy groups -OCH3 is 1. The Bertz CT molecular complexity index is 1090. The highest BCUT2D eigenvalue weighted by Gasteiger charge is 2.43. The van der Waals surface area contributed by atoms with Crippen LogP contribution in [0.1, 0.15) is 89.0 Å². The van der Waals surface area contributed by atoms with Crippen LogP contribution in [0.15, 0.2) is 41.3 Å². The molecule has 2 saturated carbocycles. The third kappa shape index (κ3) is 8.96. The summed E-state index contributed by atoms with van der Waals surface area (Å²) in [6, 6.07) is 6.57. The molecule has 0 bridgehead atoms. The number of ether oxygens (including phenoxy) is 1. The molecule has 0 aromatic heterocycles. The Hall–Kier alpha value is -2.07. The second kappa shape index (κ2) is 15.2. The number of hydrogen-bond acceptors (Lipinski definition) is 8. The summed E-state index contributed by atoms with van der Waals surface area (Å²) in [6.07, 6.45) is 11.7. The first-order chi connectivity index (χ1) is 19.1. The van der Waals surface area contributed by atoms with Crippen molar-refractivity contribution >= 4 is 21.9 Å². The van der Waals surface area contributed by atoms with Crippen molar-refractivity contribution in [1.82, 2.24) is 0 Å². The van der Waals surface area contributed by atoms with Gasteiger partial charge in [-0.3, -0.25) is 13.8 Å². The molecule has 2 N–H and O–H groups in total. The van der Waals surface area contributed by atoms with Crippen LogP contribution in [-0.2, 0) is 28.6 Å². The molecule has 8 nitrogen and oxygen atoms in total. The number of carbonyl (C=O) groups excluding carboxylic acids is 2. The van der Waals surface area contributed by atoms with Crippen LogP contribution in [0.25, 0.3) is 0 Å². The smallest absolute Gasteiger partial charge is 0.305 e. The number of ketones is 1. The van der Waals surface area contributed by atoms with E-state index < -0.39 is 22.3 Å². The van der Waals surface area contributed by atoms with Crippen LogP contribution < -0.4 is 0 Å². The fourth-order valence-corrected chi connectivity index (χ4v) is 6.91. The normalized spacial score (nSPS) is 23.3. The van der Waals surface area contributed by atoms with E-state index >= 15 is 0 Å². The van der Waals surface area contributed by atoms with Gasteiger partial charge < -0.3 is 14.9 Å². The van der Waals surface area contributed by atoms with Gasteiger partial charge in [0.1, 0.15) is 5.78 Å². The second-order valence-corrected chi connectivity index (χ2v) is 13.2. The minimum atomic E-state index is -3.78. The average molecular weight is 579 g/mol. The largest absolute Gasteiger partial charge is 0.469 e. The Morgan fingerprint density at radius 3 is 2.45 bits per heavy atom. The molecule has 3 rings (SSSR count). The Labute approximate surface area is 239 Å². The van der Waals surface area contributed by atoms with E-state index in [1.807, 2.05) is 13.0 Å². The molecule has 0 heterocycles. The molecule has 9 heteroatoms. The molecular weight excluding hydrogens is 532 g/mol. The van der Waals surface area contributed by atoms with E-state index in [-0.39, 0.29) is 46.9 Å². The Kier molecular flexibility index (Phi) is 12.4. The van der Waals surface area contributed by atoms with E-state index in [9.17, 15) is 28.2 Å². The zero-order chi connectivity index (χ0) is 29.2. The van der Waals surface area contributed by atoms with Crippen molar-refractivity contribution in [3.8, 4) is 0 Å². The lowest BCUT2D eigenvalue weighted by molar-refractivity contribution is -0.140. The van der Waals surface area contributed by atoms with Gasteiger partial charge in [-0.2, -0.15) is 8.42 Å². The maximum absolute atomic E-state index is 12.6. The number of carbonyl (C=O) groups is 2. The average Bonchev–Trinajstić information content (AvgIpc) is 3.17. The third-order valence-electron chi connectivity index (χ3n) is 8.72. The van der Waals surface area contributed by atoms with Crippen LogP contribution >= 0.6 is 0 Å². The van der Waals surface area contributed by atoms with Gasteiger partial charge >= 0.3 is 5.97 Å². The fraction of sp³-hybridized carbons (Fsp3) is 0.677. The van der Waals surface area contributed by atoms with Crippen LogP contribution in [0, 0.1) is 24.2 Å². The number of rotatable bonds is 17. The molecule has 0 spiro atoms.